The maximum atomic E-state index is 10.5. The zero-order valence-electron chi connectivity index (χ0n) is 9.93. The van der Waals surface area contributed by atoms with Gasteiger partial charge in [0, 0.05) is 12.1 Å². The monoisotopic (exact) mass is 265 g/mol. The van der Waals surface area contributed by atoms with Crippen LogP contribution in [0.4, 0.5) is 5.69 Å². The summed E-state index contributed by atoms with van der Waals surface area (Å²) in [7, 11) is 0. The van der Waals surface area contributed by atoms with E-state index in [9.17, 15) is 15.2 Å². The molecule has 1 aromatic carbocycles. The zero-order valence-corrected chi connectivity index (χ0v) is 9.93. The summed E-state index contributed by atoms with van der Waals surface area (Å²) >= 11 is 0. The smallest absolute Gasteiger partial charge is 0.269 e. The van der Waals surface area contributed by atoms with Gasteiger partial charge in [0.05, 0.1) is 30.4 Å². The van der Waals surface area contributed by atoms with Crippen molar-refractivity contribution in [3.05, 3.63) is 51.3 Å². The van der Waals surface area contributed by atoms with Crippen molar-refractivity contribution in [2.24, 2.45) is 0 Å². The highest BCUT2D eigenvalue weighted by atomic mass is 16.6. The van der Waals surface area contributed by atoms with Crippen LogP contribution >= 0.6 is 0 Å². The van der Waals surface area contributed by atoms with E-state index in [1.807, 2.05) is 0 Å². The van der Waals surface area contributed by atoms with E-state index >= 15 is 0 Å². The molecule has 8 nitrogen and oxygen atoms in total. The standard InChI is InChI=1S/C11H12N4O4/c16-6-10-11(7-17)14(13-12-10)5-8-1-3-9(4-2-8)15(18)19/h1-4,16-17H,5-7H2/i12+1. The molecule has 0 unspecified atom stereocenters. The molecule has 2 aromatic rings. The summed E-state index contributed by atoms with van der Waals surface area (Å²) in [5.41, 5.74) is 1.56. The van der Waals surface area contributed by atoms with Gasteiger partial charge in [0.1, 0.15) is 5.69 Å². The number of nitro groups is 1. The molecule has 0 saturated carbocycles. The second-order valence-electron chi connectivity index (χ2n) is 3.88. The minimum absolute atomic E-state index is 0.0146. The van der Waals surface area contributed by atoms with E-state index in [1.165, 1.54) is 16.8 Å². The van der Waals surface area contributed by atoms with Gasteiger partial charge in [-0.2, -0.15) is 0 Å². The van der Waals surface area contributed by atoms with E-state index in [0.717, 1.165) is 5.56 Å². The highest BCUT2D eigenvalue weighted by Crippen LogP contribution is 2.14. The lowest BCUT2D eigenvalue weighted by molar-refractivity contribution is -0.384. The second-order valence-corrected chi connectivity index (χ2v) is 3.88. The molecule has 0 atom stereocenters. The number of hydrogen-bond donors (Lipinski definition) is 2. The predicted octanol–water partition coefficient (Wildman–Crippen LogP) is 0.219. The van der Waals surface area contributed by atoms with E-state index in [4.69, 9.17) is 5.11 Å². The molecular formula is C11H12N4O4. The number of aliphatic hydroxyl groups is 2. The first kappa shape index (κ1) is 13.1. The lowest BCUT2D eigenvalue weighted by Gasteiger charge is -2.05. The summed E-state index contributed by atoms with van der Waals surface area (Å²) in [4.78, 5) is 10.1. The lowest BCUT2D eigenvalue weighted by atomic mass is 10.2. The maximum absolute atomic E-state index is 10.5. The normalized spacial score (nSPS) is 10.6. The van der Waals surface area contributed by atoms with Gasteiger partial charge in [-0.3, -0.25) is 10.1 Å². The largest absolute Gasteiger partial charge is 0.390 e. The van der Waals surface area contributed by atoms with Crippen LogP contribution in [0.1, 0.15) is 17.0 Å². The van der Waals surface area contributed by atoms with Gasteiger partial charge in [-0.15, -0.1) is 5.10 Å². The average Bonchev–Trinajstić information content (AvgIpc) is 2.81. The van der Waals surface area contributed by atoms with Crippen molar-refractivity contribution in [2.45, 2.75) is 19.8 Å². The summed E-state index contributed by atoms with van der Waals surface area (Å²) in [6.45, 7) is -0.257. The molecule has 1 heterocycles. The first-order chi connectivity index (χ1) is 9.15. The van der Waals surface area contributed by atoms with Crippen molar-refractivity contribution in [3.63, 3.8) is 0 Å². The molecule has 2 rings (SSSR count). The quantitative estimate of drug-likeness (QED) is 0.590. The van der Waals surface area contributed by atoms with Crippen LogP contribution in [0.25, 0.3) is 0 Å². The van der Waals surface area contributed by atoms with Crippen LogP contribution in [0.3, 0.4) is 0 Å². The van der Waals surface area contributed by atoms with Crippen molar-refractivity contribution < 1.29 is 15.1 Å². The van der Waals surface area contributed by atoms with Crippen molar-refractivity contribution in [2.75, 3.05) is 0 Å². The Kier molecular flexibility index (Phi) is 3.83. The van der Waals surface area contributed by atoms with Gasteiger partial charge in [0.2, 0.25) is 0 Å². The van der Waals surface area contributed by atoms with E-state index in [-0.39, 0.29) is 18.9 Å². The van der Waals surface area contributed by atoms with Gasteiger partial charge in [-0.1, -0.05) is 17.3 Å². The molecule has 0 aliphatic rings. The minimum atomic E-state index is -0.470. The van der Waals surface area contributed by atoms with Gasteiger partial charge in [0.15, 0.2) is 0 Å². The van der Waals surface area contributed by atoms with Gasteiger partial charge in [-0.25, -0.2) is 4.68 Å². The van der Waals surface area contributed by atoms with Gasteiger partial charge in [0.25, 0.3) is 5.69 Å². The molecule has 0 amide bonds. The molecule has 2 N–H and O–H groups in total. The number of nitro benzene ring substituents is 1. The van der Waals surface area contributed by atoms with Crippen LogP contribution in [-0.4, -0.2) is 30.1 Å². The second kappa shape index (κ2) is 5.55. The van der Waals surface area contributed by atoms with Crippen LogP contribution in [-0.2, 0) is 19.8 Å². The SMILES string of the molecule is O=[N+]([O-])c1ccc(Cn2n[15n]c(CO)c2CO)cc1. The number of aliphatic hydroxyl groups excluding tert-OH is 2. The molecule has 0 aliphatic carbocycles. The van der Waals surface area contributed by atoms with E-state index in [1.54, 1.807) is 12.1 Å². The summed E-state index contributed by atoms with van der Waals surface area (Å²) < 4.78 is 1.45. The molecule has 0 radical (unpaired) electrons. The van der Waals surface area contributed by atoms with Crippen molar-refractivity contribution in [1.29, 1.82) is 0 Å². The number of benzene rings is 1. The molecule has 19 heavy (non-hydrogen) atoms. The molecule has 0 fully saturated rings. The molecule has 1 aromatic heterocycles. The number of non-ortho nitro benzene ring substituents is 1. The summed E-state index contributed by atoms with van der Waals surface area (Å²) in [6.07, 6.45) is 0. The minimum Gasteiger partial charge on any atom is -0.390 e. The molecule has 0 aliphatic heterocycles. The Morgan fingerprint density at radius 2 is 1.89 bits per heavy atom. The van der Waals surface area contributed by atoms with Crippen molar-refractivity contribution in [3.8, 4) is 0 Å². The maximum Gasteiger partial charge on any atom is 0.269 e. The Labute approximate surface area is 108 Å². The molecule has 0 bridgehead atoms. The van der Waals surface area contributed by atoms with Gasteiger partial charge in [-0.05, 0) is 5.56 Å². The van der Waals surface area contributed by atoms with Crippen LogP contribution < -0.4 is 0 Å². The number of nitrogens with zero attached hydrogens (tertiary/aromatic N) is 4. The Balaban J connectivity index is 2.21. The zero-order chi connectivity index (χ0) is 13.8. The highest BCUT2D eigenvalue weighted by Gasteiger charge is 2.12. The number of hydrogen-bond acceptors (Lipinski definition) is 6. The summed E-state index contributed by atoms with van der Waals surface area (Å²) in [5, 5.41) is 36.3. The third kappa shape index (κ3) is 2.75. The third-order valence-corrected chi connectivity index (χ3v) is 2.70. The van der Waals surface area contributed by atoms with Crippen LogP contribution in [0.15, 0.2) is 24.3 Å². The Morgan fingerprint density at radius 1 is 1.21 bits per heavy atom. The highest BCUT2D eigenvalue weighted by molar-refractivity contribution is 5.33. The predicted molar refractivity (Wildman–Crippen MR) is 64.1 cm³/mol. The average molecular weight is 265 g/mol. The number of rotatable bonds is 5. The lowest BCUT2D eigenvalue weighted by Crippen LogP contribution is -2.07. The number of aromatic nitrogens is 3. The Hall–Kier alpha value is -2.32. The summed E-state index contributed by atoms with van der Waals surface area (Å²) in [5.74, 6) is 0. The fourth-order valence-electron chi connectivity index (χ4n) is 1.69. The molecule has 0 saturated heterocycles. The van der Waals surface area contributed by atoms with E-state index in [2.05, 4.69) is 10.3 Å². The first-order valence-corrected chi connectivity index (χ1v) is 5.52. The summed E-state index contributed by atoms with van der Waals surface area (Å²) in [6, 6.07) is 6.02. The third-order valence-electron chi connectivity index (χ3n) is 2.70. The molecule has 8 heteroatoms. The van der Waals surface area contributed by atoms with E-state index in [0.29, 0.717) is 17.9 Å². The van der Waals surface area contributed by atoms with Crippen molar-refractivity contribution >= 4 is 5.69 Å². The van der Waals surface area contributed by atoms with Crippen molar-refractivity contribution in [1.82, 2.24) is 15.0 Å². The van der Waals surface area contributed by atoms with Crippen LogP contribution in [0.5, 0.6) is 0 Å². The Bertz CT molecular complexity index is 579. The van der Waals surface area contributed by atoms with Crippen LogP contribution in [0, 0.1) is 10.1 Å². The van der Waals surface area contributed by atoms with Crippen LogP contribution in [0.2, 0.25) is 0 Å². The topological polar surface area (TPSA) is 114 Å². The molecular weight excluding hydrogens is 253 g/mol. The van der Waals surface area contributed by atoms with E-state index < -0.39 is 4.92 Å². The molecule has 0 spiro atoms. The van der Waals surface area contributed by atoms with Gasteiger partial charge < -0.3 is 10.2 Å². The first-order valence-electron chi connectivity index (χ1n) is 5.52. The van der Waals surface area contributed by atoms with Gasteiger partial charge >= 0.3 is 0 Å². The fourth-order valence-corrected chi connectivity index (χ4v) is 1.69. The fraction of sp³-hybridized carbons (Fsp3) is 0.273. The molecule has 100 valence electrons. The Morgan fingerprint density at radius 3 is 2.42 bits per heavy atom.